The molecule has 0 unspecified atom stereocenters. The van der Waals surface area contributed by atoms with Crippen molar-refractivity contribution in [3.63, 3.8) is 0 Å². The van der Waals surface area contributed by atoms with Crippen molar-refractivity contribution >= 4 is 36.4 Å². The summed E-state index contributed by atoms with van der Waals surface area (Å²) in [6.07, 6.45) is -5.15. The Labute approximate surface area is 166 Å². The van der Waals surface area contributed by atoms with E-state index in [9.17, 15) is 21.6 Å². The van der Waals surface area contributed by atoms with Crippen LogP contribution >= 0.6 is 11.3 Å². The monoisotopic (exact) mass is 427 g/mol. The Morgan fingerprint density at radius 1 is 1.00 bits per heavy atom. The van der Waals surface area contributed by atoms with Crippen molar-refractivity contribution in [3.8, 4) is 0 Å². The minimum atomic E-state index is -4.24. The minimum Gasteiger partial charge on any atom is -0.257 e. The fourth-order valence-electron chi connectivity index (χ4n) is 2.86. The molecule has 2 aromatic carbocycles. The molecule has 0 atom stereocenters. The maximum atomic E-state index is 13.2. The SMILES string of the molecule is Cc1ccc(S(=O)(=O)N(CCCCC(F)(F)F)c2cc3ccccc3s2)cc1. The molecule has 0 spiro atoms. The van der Waals surface area contributed by atoms with Gasteiger partial charge in [-0.3, -0.25) is 4.31 Å². The number of hydrogen-bond donors (Lipinski definition) is 0. The Bertz CT molecular complexity index is 1010. The van der Waals surface area contributed by atoms with Crippen LogP contribution in [0, 0.1) is 6.92 Å². The highest BCUT2D eigenvalue weighted by Gasteiger charge is 2.29. The largest absolute Gasteiger partial charge is 0.389 e. The van der Waals surface area contributed by atoms with Crippen LogP contribution < -0.4 is 4.31 Å². The number of aryl methyl sites for hydroxylation is 1. The zero-order valence-corrected chi connectivity index (χ0v) is 16.9. The summed E-state index contributed by atoms with van der Waals surface area (Å²) in [6, 6.07) is 15.8. The van der Waals surface area contributed by atoms with Crippen LogP contribution in [0.4, 0.5) is 18.2 Å². The Balaban J connectivity index is 1.92. The summed E-state index contributed by atoms with van der Waals surface area (Å²) in [4.78, 5) is 0.131. The van der Waals surface area contributed by atoms with Crippen molar-refractivity contribution in [1.29, 1.82) is 0 Å². The van der Waals surface area contributed by atoms with Gasteiger partial charge in [0.15, 0.2) is 0 Å². The number of halogens is 3. The highest BCUT2D eigenvalue weighted by Crippen LogP contribution is 2.36. The van der Waals surface area contributed by atoms with Crippen LogP contribution in [0.15, 0.2) is 59.5 Å². The van der Waals surface area contributed by atoms with Gasteiger partial charge in [-0.15, -0.1) is 11.3 Å². The molecule has 0 N–H and O–H groups in total. The van der Waals surface area contributed by atoms with Crippen LogP contribution in [0.5, 0.6) is 0 Å². The van der Waals surface area contributed by atoms with Crippen molar-refractivity contribution in [1.82, 2.24) is 0 Å². The Hall–Kier alpha value is -2.06. The molecule has 1 heterocycles. The van der Waals surface area contributed by atoms with Gasteiger partial charge >= 0.3 is 6.18 Å². The fraction of sp³-hybridized carbons (Fsp3) is 0.300. The van der Waals surface area contributed by atoms with Gasteiger partial charge in [-0.05, 0) is 49.4 Å². The van der Waals surface area contributed by atoms with E-state index in [2.05, 4.69) is 0 Å². The molecule has 28 heavy (non-hydrogen) atoms. The summed E-state index contributed by atoms with van der Waals surface area (Å²) in [5.41, 5.74) is 0.928. The van der Waals surface area contributed by atoms with E-state index in [0.717, 1.165) is 15.6 Å². The van der Waals surface area contributed by atoms with E-state index in [4.69, 9.17) is 0 Å². The summed E-state index contributed by atoms with van der Waals surface area (Å²) in [7, 11) is -3.87. The third kappa shape index (κ3) is 4.86. The van der Waals surface area contributed by atoms with Gasteiger partial charge in [-0.1, -0.05) is 35.9 Å². The number of benzene rings is 2. The molecule has 0 amide bonds. The molecule has 0 aliphatic carbocycles. The van der Waals surface area contributed by atoms with Crippen LogP contribution in [-0.4, -0.2) is 21.1 Å². The lowest BCUT2D eigenvalue weighted by Gasteiger charge is -2.23. The van der Waals surface area contributed by atoms with Crippen LogP contribution in [0.2, 0.25) is 0 Å². The Kier molecular flexibility index (Phi) is 6.00. The van der Waals surface area contributed by atoms with Crippen LogP contribution in [-0.2, 0) is 10.0 Å². The second kappa shape index (κ2) is 8.13. The molecule has 1 aromatic heterocycles. The predicted octanol–water partition coefficient (Wildman–Crippen LogP) is 6.14. The maximum absolute atomic E-state index is 13.2. The number of alkyl halides is 3. The van der Waals surface area contributed by atoms with Crippen molar-refractivity contribution in [3.05, 3.63) is 60.2 Å². The normalized spacial score (nSPS) is 12.4. The first-order valence-electron chi connectivity index (χ1n) is 8.81. The lowest BCUT2D eigenvalue weighted by Crippen LogP contribution is -2.31. The number of fused-ring (bicyclic) bond motifs is 1. The summed E-state index contributed by atoms with van der Waals surface area (Å²) in [6.45, 7) is 1.86. The summed E-state index contributed by atoms with van der Waals surface area (Å²) in [5, 5.41) is 1.41. The van der Waals surface area contributed by atoms with Gasteiger partial charge in [-0.25, -0.2) is 8.42 Å². The molecular weight excluding hydrogens is 407 g/mol. The number of nitrogens with zero attached hydrogens (tertiary/aromatic N) is 1. The first-order chi connectivity index (χ1) is 13.2. The smallest absolute Gasteiger partial charge is 0.257 e. The average Bonchev–Trinajstić information content (AvgIpc) is 3.04. The predicted molar refractivity (Wildman–Crippen MR) is 107 cm³/mol. The fourth-order valence-corrected chi connectivity index (χ4v) is 5.65. The second-order valence-electron chi connectivity index (χ2n) is 6.58. The Morgan fingerprint density at radius 3 is 2.32 bits per heavy atom. The summed E-state index contributed by atoms with van der Waals surface area (Å²) in [5.74, 6) is 0. The van der Waals surface area contributed by atoms with E-state index >= 15 is 0 Å². The third-order valence-corrected chi connectivity index (χ3v) is 7.42. The maximum Gasteiger partial charge on any atom is 0.389 e. The molecular formula is C20H20F3NO2S2. The lowest BCUT2D eigenvalue weighted by atomic mass is 10.2. The summed E-state index contributed by atoms with van der Waals surface area (Å²) >= 11 is 1.32. The molecule has 0 aliphatic rings. The molecule has 0 radical (unpaired) electrons. The van der Waals surface area contributed by atoms with Crippen molar-refractivity contribution in [2.24, 2.45) is 0 Å². The van der Waals surface area contributed by atoms with Crippen molar-refractivity contribution in [2.75, 3.05) is 10.8 Å². The van der Waals surface area contributed by atoms with Gasteiger partial charge in [0, 0.05) is 17.7 Å². The van der Waals surface area contributed by atoms with E-state index in [-0.39, 0.29) is 24.3 Å². The molecule has 0 bridgehead atoms. The molecule has 0 saturated carbocycles. The number of hydrogen-bond acceptors (Lipinski definition) is 3. The number of rotatable bonds is 7. The van der Waals surface area contributed by atoms with E-state index in [0.29, 0.717) is 5.00 Å². The van der Waals surface area contributed by atoms with Gasteiger partial charge in [0.2, 0.25) is 0 Å². The van der Waals surface area contributed by atoms with E-state index in [1.165, 1.54) is 27.8 Å². The first kappa shape index (κ1) is 20.7. The topological polar surface area (TPSA) is 37.4 Å². The van der Waals surface area contributed by atoms with Gasteiger partial charge in [0.25, 0.3) is 10.0 Å². The average molecular weight is 428 g/mol. The van der Waals surface area contributed by atoms with E-state index in [1.54, 1.807) is 18.2 Å². The molecule has 3 rings (SSSR count). The molecule has 0 aliphatic heterocycles. The van der Waals surface area contributed by atoms with Gasteiger partial charge < -0.3 is 0 Å². The molecule has 3 aromatic rings. The first-order valence-corrected chi connectivity index (χ1v) is 11.1. The zero-order chi connectivity index (χ0) is 20.4. The highest BCUT2D eigenvalue weighted by atomic mass is 32.2. The molecule has 3 nitrogen and oxygen atoms in total. The summed E-state index contributed by atoms with van der Waals surface area (Å²) < 4.78 is 66.0. The van der Waals surface area contributed by atoms with Gasteiger partial charge in [-0.2, -0.15) is 13.2 Å². The van der Waals surface area contributed by atoms with Gasteiger partial charge in [0.1, 0.15) is 5.00 Å². The Morgan fingerprint density at radius 2 is 1.68 bits per heavy atom. The molecule has 0 fully saturated rings. The van der Waals surface area contributed by atoms with Gasteiger partial charge in [0.05, 0.1) is 4.90 Å². The molecule has 150 valence electrons. The lowest BCUT2D eigenvalue weighted by molar-refractivity contribution is -0.135. The van der Waals surface area contributed by atoms with Crippen molar-refractivity contribution in [2.45, 2.75) is 37.3 Å². The van der Waals surface area contributed by atoms with Crippen LogP contribution in [0.3, 0.4) is 0 Å². The minimum absolute atomic E-state index is 0.000881. The highest BCUT2D eigenvalue weighted by molar-refractivity contribution is 7.93. The molecule has 8 heteroatoms. The number of unbranched alkanes of at least 4 members (excludes halogenated alkanes) is 1. The quantitative estimate of drug-likeness (QED) is 0.425. The van der Waals surface area contributed by atoms with Crippen LogP contribution in [0.1, 0.15) is 24.8 Å². The number of sulfonamides is 1. The zero-order valence-electron chi connectivity index (χ0n) is 15.2. The molecule has 0 saturated heterocycles. The van der Waals surface area contributed by atoms with Crippen LogP contribution in [0.25, 0.3) is 10.1 Å². The van der Waals surface area contributed by atoms with Crippen molar-refractivity contribution < 1.29 is 21.6 Å². The number of anilines is 1. The second-order valence-corrected chi connectivity index (χ2v) is 9.51. The van der Waals surface area contributed by atoms with E-state index in [1.807, 2.05) is 31.2 Å². The van der Waals surface area contributed by atoms with E-state index < -0.39 is 22.6 Å². The standard InChI is InChI=1S/C20H20F3NO2S2/c1-15-8-10-17(11-9-15)28(25,26)24(13-5-4-12-20(21,22)23)19-14-16-6-2-3-7-18(16)27-19/h2-3,6-11,14H,4-5,12-13H2,1H3. The number of thiophene rings is 1. The third-order valence-electron chi connectivity index (χ3n) is 4.34.